The summed E-state index contributed by atoms with van der Waals surface area (Å²) in [5.74, 6) is -1.09. The molecule has 1 aromatic heterocycles. The topological polar surface area (TPSA) is 87.1 Å². The van der Waals surface area contributed by atoms with Crippen molar-refractivity contribution < 1.29 is 24.5 Å². The zero-order valence-electron chi connectivity index (χ0n) is 21.5. The van der Waals surface area contributed by atoms with Crippen molar-refractivity contribution in [1.29, 1.82) is 0 Å². The Morgan fingerprint density at radius 2 is 1.79 bits per heavy atom. The van der Waals surface area contributed by atoms with Gasteiger partial charge in [0.25, 0.3) is 0 Å². The van der Waals surface area contributed by atoms with Crippen LogP contribution in [0.3, 0.4) is 0 Å². The molecule has 39 heavy (non-hydrogen) atoms. The van der Waals surface area contributed by atoms with Crippen LogP contribution in [-0.4, -0.2) is 46.2 Å². The molecule has 3 heterocycles. The normalized spacial score (nSPS) is 24.8. The lowest BCUT2D eigenvalue weighted by Gasteiger charge is -2.31. The number of carbonyl (C=O) groups is 2. The van der Waals surface area contributed by atoms with E-state index in [4.69, 9.17) is 4.74 Å². The second kappa shape index (κ2) is 10.9. The van der Waals surface area contributed by atoms with E-state index < -0.39 is 11.8 Å². The average Bonchev–Trinajstić information content (AvgIpc) is 3.68. The summed E-state index contributed by atoms with van der Waals surface area (Å²) in [4.78, 5) is 29.3. The van der Waals surface area contributed by atoms with Crippen molar-refractivity contribution in [3.8, 4) is 5.75 Å². The van der Waals surface area contributed by atoms with Crippen molar-refractivity contribution in [3.63, 3.8) is 0 Å². The van der Waals surface area contributed by atoms with Crippen LogP contribution < -0.4 is 0 Å². The number of nitrogens with zero attached hydrogens (tertiary/aromatic N) is 1. The number of aromatic hydroxyl groups is 1. The molecule has 0 unspecified atom stereocenters. The summed E-state index contributed by atoms with van der Waals surface area (Å²) >= 11 is 1.54. The first-order valence-corrected chi connectivity index (χ1v) is 14.3. The van der Waals surface area contributed by atoms with Gasteiger partial charge in [-0.1, -0.05) is 54.6 Å². The summed E-state index contributed by atoms with van der Waals surface area (Å²) in [6, 6.07) is 21.2. The highest BCUT2D eigenvalue weighted by Crippen LogP contribution is 2.50. The van der Waals surface area contributed by atoms with E-state index in [9.17, 15) is 19.8 Å². The highest BCUT2D eigenvalue weighted by atomic mass is 32.1. The van der Waals surface area contributed by atoms with Crippen LogP contribution in [0, 0.1) is 17.8 Å². The Morgan fingerprint density at radius 3 is 2.54 bits per heavy atom. The number of rotatable bonds is 8. The molecule has 4 atom stereocenters. The monoisotopic (exact) mass is 541 g/mol. The fourth-order valence-electron chi connectivity index (χ4n) is 6.43. The average molecular weight is 542 g/mol. The van der Waals surface area contributed by atoms with Crippen molar-refractivity contribution in [2.45, 2.75) is 31.9 Å². The standard InChI is InChI=1S/C32H31NO5S/c34-18-23-16-25-30(32(37)33(31(25)36)17-24-10-6-14-39-24)26-19-38-28(29(23)26)13-12-21(20-7-2-1-3-8-20)15-22-9-4-5-11-27(22)35/h1-11,14-15,25-26,28,30,34-35H,12-13,16-19H2/b21-15-/t25-,26+,28-,30-/m1/s1. The van der Waals surface area contributed by atoms with E-state index >= 15 is 0 Å². The third kappa shape index (κ3) is 4.86. The van der Waals surface area contributed by atoms with Crippen LogP contribution >= 0.6 is 11.3 Å². The summed E-state index contributed by atoms with van der Waals surface area (Å²) in [5, 5.41) is 22.6. The van der Waals surface area contributed by atoms with Crippen molar-refractivity contribution in [2.24, 2.45) is 17.8 Å². The molecule has 2 fully saturated rings. The van der Waals surface area contributed by atoms with Crippen molar-refractivity contribution in [3.05, 3.63) is 99.3 Å². The molecule has 2 N–H and O–H groups in total. The van der Waals surface area contributed by atoms with E-state index in [0.29, 0.717) is 32.4 Å². The van der Waals surface area contributed by atoms with E-state index in [2.05, 4.69) is 12.1 Å². The van der Waals surface area contributed by atoms with Gasteiger partial charge in [0, 0.05) is 16.4 Å². The van der Waals surface area contributed by atoms with Gasteiger partial charge >= 0.3 is 0 Å². The summed E-state index contributed by atoms with van der Waals surface area (Å²) in [7, 11) is 0. The van der Waals surface area contributed by atoms with E-state index in [0.717, 1.165) is 32.7 Å². The maximum Gasteiger partial charge on any atom is 0.234 e. The molecule has 0 bridgehead atoms. The number of amides is 2. The van der Waals surface area contributed by atoms with Gasteiger partial charge in [-0.25, -0.2) is 0 Å². The van der Waals surface area contributed by atoms with Crippen LogP contribution in [0.2, 0.25) is 0 Å². The minimum absolute atomic E-state index is 0.119. The van der Waals surface area contributed by atoms with Gasteiger partial charge in [-0.3, -0.25) is 14.5 Å². The van der Waals surface area contributed by atoms with Crippen molar-refractivity contribution in [1.82, 2.24) is 4.90 Å². The third-order valence-electron chi connectivity index (χ3n) is 8.27. The van der Waals surface area contributed by atoms with Crippen LogP contribution in [0.25, 0.3) is 11.6 Å². The van der Waals surface area contributed by atoms with Crippen LogP contribution in [0.5, 0.6) is 5.75 Å². The predicted molar refractivity (Wildman–Crippen MR) is 150 cm³/mol. The molecule has 200 valence electrons. The fraction of sp³-hybridized carbons (Fsp3) is 0.312. The molecular weight excluding hydrogens is 510 g/mol. The molecule has 2 amide bonds. The summed E-state index contributed by atoms with van der Waals surface area (Å²) in [6.45, 7) is 0.543. The zero-order valence-corrected chi connectivity index (χ0v) is 22.3. The fourth-order valence-corrected chi connectivity index (χ4v) is 7.13. The Kier molecular flexibility index (Phi) is 7.21. The van der Waals surface area contributed by atoms with Gasteiger partial charge in [0.05, 0.1) is 37.7 Å². The van der Waals surface area contributed by atoms with E-state index in [1.807, 2.05) is 53.9 Å². The number of likely N-dealkylation sites (tertiary alicyclic amines) is 1. The molecule has 2 aliphatic heterocycles. The molecular formula is C32H31NO5S. The highest BCUT2D eigenvalue weighted by Gasteiger charge is 2.56. The van der Waals surface area contributed by atoms with Crippen LogP contribution in [0.1, 0.15) is 35.3 Å². The van der Waals surface area contributed by atoms with E-state index in [1.165, 1.54) is 16.2 Å². The Morgan fingerprint density at radius 1 is 1.00 bits per heavy atom. The number of allylic oxidation sites excluding steroid dienone is 1. The number of benzene rings is 2. The molecule has 3 aliphatic rings. The molecule has 0 saturated carbocycles. The quantitative estimate of drug-likeness (QED) is 0.230. The largest absolute Gasteiger partial charge is 0.507 e. The number of phenols is 1. The Labute approximate surface area is 231 Å². The van der Waals surface area contributed by atoms with Gasteiger partial charge in [-0.15, -0.1) is 11.3 Å². The van der Waals surface area contributed by atoms with Gasteiger partial charge in [0.2, 0.25) is 11.8 Å². The first-order chi connectivity index (χ1) is 19.0. The number of carbonyl (C=O) groups excluding carboxylic acids is 2. The zero-order chi connectivity index (χ0) is 26.9. The highest BCUT2D eigenvalue weighted by molar-refractivity contribution is 7.09. The maximum atomic E-state index is 13.5. The van der Waals surface area contributed by atoms with Crippen LogP contribution in [0.4, 0.5) is 0 Å². The molecule has 2 saturated heterocycles. The van der Waals surface area contributed by atoms with Gasteiger partial charge in [-0.2, -0.15) is 0 Å². The molecule has 0 radical (unpaired) electrons. The van der Waals surface area contributed by atoms with Gasteiger partial charge in [-0.05, 0) is 65.1 Å². The predicted octanol–water partition coefficient (Wildman–Crippen LogP) is 5.28. The summed E-state index contributed by atoms with van der Waals surface area (Å²) in [6.07, 6.45) is 3.53. The molecule has 6 nitrogen and oxygen atoms in total. The summed E-state index contributed by atoms with van der Waals surface area (Å²) < 4.78 is 6.30. The van der Waals surface area contributed by atoms with Crippen molar-refractivity contribution >= 4 is 34.8 Å². The molecule has 2 aromatic carbocycles. The number of ether oxygens (including phenoxy) is 1. The second-order valence-corrected chi connectivity index (χ2v) is 11.5. The van der Waals surface area contributed by atoms with Gasteiger partial charge in [0.1, 0.15) is 5.75 Å². The van der Waals surface area contributed by atoms with Crippen molar-refractivity contribution in [2.75, 3.05) is 13.2 Å². The number of imide groups is 1. The number of aliphatic hydroxyl groups excluding tert-OH is 1. The third-order valence-corrected chi connectivity index (χ3v) is 9.13. The molecule has 7 heteroatoms. The SMILES string of the molecule is O=C1[C@@H]2[C@@H](CC(CO)=C3[C@@H](CC/C(=C/c4ccccc4O)c4ccccc4)OC[C@@H]32)C(=O)N1Cc1cccs1. The van der Waals surface area contributed by atoms with E-state index in [1.54, 1.807) is 12.1 Å². The lowest BCUT2D eigenvalue weighted by molar-refractivity contribution is -0.140. The first-order valence-electron chi connectivity index (χ1n) is 13.4. The van der Waals surface area contributed by atoms with Crippen LogP contribution in [-0.2, 0) is 20.9 Å². The number of hydrogen-bond acceptors (Lipinski definition) is 6. The Balaban J connectivity index is 1.25. The maximum absolute atomic E-state index is 13.5. The van der Waals surface area contributed by atoms with Crippen LogP contribution in [0.15, 0.2) is 83.3 Å². The smallest absolute Gasteiger partial charge is 0.234 e. The van der Waals surface area contributed by atoms with E-state index in [-0.39, 0.29) is 36.2 Å². The number of thiophene rings is 1. The number of hydrogen-bond donors (Lipinski definition) is 2. The lowest BCUT2D eigenvalue weighted by atomic mass is 9.69. The number of fused-ring (bicyclic) bond motifs is 3. The molecule has 0 spiro atoms. The second-order valence-electron chi connectivity index (χ2n) is 10.5. The molecule has 3 aromatic rings. The summed E-state index contributed by atoms with van der Waals surface area (Å²) in [5.41, 5.74) is 4.73. The Hall–Kier alpha value is -3.52. The minimum Gasteiger partial charge on any atom is -0.507 e. The van der Waals surface area contributed by atoms with Gasteiger partial charge < -0.3 is 14.9 Å². The molecule has 6 rings (SSSR count). The number of para-hydroxylation sites is 1. The Bertz CT molecular complexity index is 1430. The minimum atomic E-state index is -0.434. The first kappa shape index (κ1) is 25.7. The molecule has 1 aliphatic carbocycles. The number of aliphatic hydroxyl groups is 1. The number of phenolic OH excluding ortho intramolecular Hbond substituents is 1. The van der Waals surface area contributed by atoms with Gasteiger partial charge in [0.15, 0.2) is 0 Å². The lowest BCUT2D eigenvalue weighted by Crippen LogP contribution is -2.34.